The summed E-state index contributed by atoms with van der Waals surface area (Å²) >= 11 is 0. The second-order valence-electron chi connectivity index (χ2n) is 3.91. The molecule has 2 rings (SSSR count). The Bertz CT molecular complexity index is 669. The lowest BCUT2D eigenvalue weighted by atomic mass is 10.1. The molecule has 2 aromatic rings. The van der Waals surface area contributed by atoms with Crippen LogP contribution in [0.1, 0.15) is 28.5 Å². The van der Waals surface area contributed by atoms with Crippen LogP contribution in [-0.2, 0) is 0 Å². The third-order valence-electron chi connectivity index (χ3n) is 2.52. The summed E-state index contributed by atoms with van der Waals surface area (Å²) in [5, 5.41) is 9.01. The van der Waals surface area contributed by atoms with Crippen molar-refractivity contribution in [2.45, 2.75) is 6.92 Å². The number of hydrogen-bond donors (Lipinski definition) is 1. The maximum absolute atomic E-state index is 11.0. The highest BCUT2D eigenvalue weighted by atomic mass is 16.5. The Hall–Kier alpha value is -2.80. The highest BCUT2D eigenvalue weighted by molar-refractivity contribution is 5.88. The average molecular weight is 267 g/mol. The Kier molecular flexibility index (Phi) is 4.35. The van der Waals surface area contributed by atoms with E-state index in [2.05, 4.69) is 16.8 Å². The zero-order valence-electron chi connectivity index (χ0n) is 11.0. The summed E-state index contributed by atoms with van der Waals surface area (Å²) < 4.78 is 5.44. The Morgan fingerprint density at radius 1 is 1.30 bits per heavy atom. The fourth-order valence-electron chi connectivity index (χ4n) is 1.61. The average Bonchev–Trinajstić information content (AvgIpc) is 2.47. The molecule has 0 aliphatic rings. The molecule has 0 saturated heterocycles. The number of aromatic carboxylic acids is 1. The van der Waals surface area contributed by atoms with Crippen LogP contribution in [0.4, 0.5) is 0 Å². The minimum atomic E-state index is -0.992. The van der Waals surface area contributed by atoms with Crippen LogP contribution in [0.5, 0.6) is 5.75 Å². The van der Waals surface area contributed by atoms with Crippen molar-refractivity contribution >= 4 is 5.97 Å². The van der Waals surface area contributed by atoms with Crippen LogP contribution < -0.4 is 4.74 Å². The van der Waals surface area contributed by atoms with Gasteiger partial charge in [-0.25, -0.2) is 9.78 Å². The molecular weight excluding hydrogens is 254 g/mol. The quantitative estimate of drug-likeness (QED) is 0.868. The lowest BCUT2D eigenvalue weighted by Gasteiger charge is -2.06. The van der Waals surface area contributed by atoms with Crippen molar-refractivity contribution in [1.82, 2.24) is 4.98 Å². The van der Waals surface area contributed by atoms with Gasteiger partial charge < -0.3 is 9.84 Å². The molecule has 0 bridgehead atoms. The van der Waals surface area contributed by atoms with Gasteiger partial charge >= 0.3 is 5.97 Å². The monoisotopic (exact) mass is 267 g/mol. The highest BCUT2D eigenvalue weighted by Crippen LogP contribution is 2.19. The molecule has 0 atom stereocenters. The number of carbonyl (C=O) groups is 1. The van der Waals surface area contributed by atoms with Gasteiger partial charge in [0, 0.05) is 6.20 Å². The van der Waals surface area contributed by atoms with Crippen molar-refractivity contribution in [2.24, 2.45) is 0 Å². The summed E-state index contributed by atoms with van der Waals surface area (Å²) in [5.74, 6) is 5.38. The Morgan fingerprint density at radius 3 is 2.80 bits per heavy atom. The van der Waals surface area contributed by atoms with E-state index in [1.807, 2.05) is 19.1 Å². The summed E-state index contributed by atoms with van der Waals surface area (Å²) in [7, 11) is 0. The van der Waals surface area contributed by atoms with E-state index in [0.29, 0.717) is 23.6 Å². The van der Waals surface area contributed by atoms with E-state index >= 15 is 0 Å². The van der Waals surface area contributed by atoms with Crippen LogP contribution >= 0.6 is 0 Å². The van der Waals surface area contributed by atoms with Gasteiger partial charge in [0.1, 0.15) is 11.4 Å². The van der Waals surface area contributed by atoms with Crippen LogP contribution in [0.25, 0.3) is 0 Å². The molecule has 0 radical (unpaired) electrons. The summed E-state index contributed by atoms with van der Waals surface area (Å²) in [6, 6.07) is 10.1. The zero-order valence-corrected chi connectivity index (χ0v) is 11.0. The first-order valence-electron chi connectivity index (χ1n) is 6.14. The fourth-order valence-corrected chi connectivity index (χ4v) is 1.61. The molecule has 1 N–H and O–H groups in total. The molecule has 0 aliphatic heterocycles. The second-order valence-corrected chi connectivity index (χ2v) is 3.91. The van der Waals surface area contributed by atoms with Gasteiger partial charge in [0.2, 0.25) is 0 Å². The van der Waals surface area contributed by atoms with Gasteiger partial charge in [0.05, 0.1) is 17.7 Å². The van der Waals surface area contributed by atoms with Gasteiger partial charge in [0.15, 0.2) is 0 Å². The van der Waals surface area contributed by atoms with Crippen LogP contribution in [0.2, 0.25) is 0 Å². The van der Waals surface area contributed by atoms with E-state index in [1.54, 1.807) is 18.3 Å². The van der Waals surface area contributed by atoms with Gasteiger partial charge in [-0.1, -0.05) is 12.0 Å². The molecule has 1 heterocycles. The van der Waals surface area contributed by atoms with Crippen molar-refractivity contribution in [3.63, 3.8) is 0 Å². The lowest BCUT2D eigenvalue weighted by Crippen LogP contribution is -2.00. The molecule has 4 heteroatoms. The van der Waals surface area contributed by atoms with Crippen molar-refractivity contribution in [3.8, 4) is 17.6 Å². The number of rotatable bonds is 3. The van der Waals surface area contributed by atoms with Crippen molar-refractivity contribution in [2.75, 3.05) is 6.61 Å². The third-order valence-corrected chi connectivity index (χ3v) is 2.52. The summed E-state index contributed by atoms with van der Waals surface area (Å²) in [5.41, 5.74) is 1.34. The molecule has 0 aliphatic carbocycles. The van der Waals surface area contributed by atoms with E-state index in [0.717, 1.165) is 0 Å². The standard InChI is InChI=1S/C16H13NO3/c1-2-20-15-9-7-13(16(18)19)11-12(15)6-8-14-5-3-4-10-17-14/h3-5,7,9-11H,2H2,1H3,(H,18,19). The number of nitrogens with zero attached hydrogens (tertiary/aromatic N) is 1. The van der Waals surface area contributed by atoms with Crippen LogP contribution in [0.3, 0.4) is 0 Å². The number of hydrogen-bond acceptors (Lipinski definition) is 3. The maximum Gasteiger partial charge on any atom is 0.335 e. The number of carboxylic acid groups (broad SMARTS) is 1. The van der Waals surface area contributed by atoms with Crippen LogP contribution in [0.15, 0.2) is 42.6 Å². The number of pyridine rings is 1. The first-order valence-corrected chi connectivity index (χ1v) is 6.14. The van der Waals surface area contributed by atoms with E-state index in [1.165, 1.54) is 12.1 Å². The van der Waals surface area contributed by atoms with E-state index in [4.69, 9.17) is 9.84 Å². The largest absolute Gasteiger partial charge is 0.493 e. The Labute approximate surface area is 117 Å². The topological polar surface area (TPSA) is 59.4 Å². The Morgan fingerprint density at radius 2 is 2.15 bits per heavy atom. The van der Waals surface area contributed by atoms with Gasteiger partial charge in [-0.15, -0.1) is 0 Å². The molecule has 0 spiro atoms. The Balaban J connectivity index is 2.40. The van der Waals surface area contributed by atoms with E-state index in [-0.39, 0.29) is 5.56 Å². The molecule has 20 heavy (non-hydrogen) atoms. The molecular formula is C16H13NO3. The van der Waals surface area contributed by atoms with Crippen LogP contribution in [0, 0.1) is 11.8 Å². The molecule has 1 aromatic carbocycles. The molecule has 0 fully saturated rings. The van der Waals surface area contributed by atoms with Gasteiger partial charge in [-0.05, 0) is 43.2 Å². The highest BCUT2D eigenvalue weighted by Gasteiger charge is 2.07. The van der Waals surface area contributed by atoms with Crippen LogP contribution in [-0.4, -0.2) is 22.7 Å². The summed E-state index contributed by atoms with van der Waals surface area (Å²) in [4.78, 5) is 15.1. The van der Waals surface area contributed by atoms with E-state index < -0.39 is 5.97 Å². The lowest BCUT2D eigenvalue weighted by molar-refractivity contribution is 0.0697. The molecule has 0 saturated carbocycles. The van der Waals surface area contributed by atoms with Crippen molar-refractivity contribution < 1.29 is 14.6 Å². The molecule has 100 valence electrons. The van der Waals surface area contributed by atoms with Gasteiger partial charge in [-0.2, -0.15) is 0 Å². The number of ether oxygens (including phenoxy) is 1. The maximum atomic E-state index is 11.0. The molecule has 1 aromatic heterocycles. The summed E-state index contributed by atoms with van der Waals surface area (Å²) in [6.07, 6.45) is 1.65. The van der Waals surface area contributed by atoms with Crippen molar-refractivity contribution in [3.05, 3.63) is 59.4 Å². The predicted octanol–water partition coefficient (Wildman–Crippen LogP) is 2.58. The number of aromatic nitrogens is 1. The minimum Gasteiger partial charge on any atom is -0.493 e. The first kappa shape index (κ1) is 13.6. The number of benzene rings is 1. The fraction of sp³-hybridized carbons (Fsp3) is 0.125. The molecule has 0 amide bonds. The first-order chi connectivity index (χ1) is 9.70. The van der Waals surface area contributed by atoms with E-state index in [9.17, 15) is 4.79 Å². The second kappa shape index (κ2) is 6.39. The summed E-state index contributed by atoms with van der Waals surface area (Å²) in [6.45, 7) is 2.35. The number of carboxylic acids is 1. The normalized spacial score (nSPS) is 9.45. The molecule has 4 nitrogen and oxygen atoms in total. The zero-order chi connectivity index (χ0) is 14.4. The molecule has 0 unspecified atom stereocenters. The van der Waals surface area contributed by atoms with Gasteiger partial charge in [0.25, 0.3) is 0 Å². The minimum absolute atomic E-state index is 0.179. The SMILES string of the molecule is CCOc1ccc(C(=O)O)cc1C#Cc1ccccn1. The third kappa shape index (κ3) is 3.36. The smallest absolute Gasteiger partial charge is 0.335 e. The predicted molar refractivity (Wildman–Crippen MR) is 74.8 cm³/mol. The van der Waals surface area contributed by atoms with Gasteiger partial charge in [-0.3, -0.25) is 0 Å². The van der Waals surface area contributed by atoms with Crippen molar-refractivity contribution in [1.29, 1.82) is 0 Å².